The first kappa shape index (κ1) is 19.6. The van der Waals surface area contributed by atoms with Crippen LogP contribution in [0.3, 0.4) is 0 Å². The van der Waals surface area contributed by atoms with Gasteiger partial charge in [-0.1, -0.05) is 0 Å². The molecule has 1 aromatic heterocycles. The SMILES string of the molecule is CN(C)c1ccc(C(=O)Nc2ccc3c(c2)CCCN3C(=O)c2cccnc2)cc1. The Kier molecular flexibility index (Phi) is 5.48. The van der Waals surface area contributed by atoms with Gasteiger partial charge in [-0.3, -0.25) is 14.6 Å². The van der Waals surface area contributed by atoms with Crippen LogP contribution in [0.15, 0.2) is 67.0 Å². The predicted molar refractivity (Wildman–Crippen MR) is 119 cm³/mol. The van der Waals surface area contributed by atoms with Crippen molar-refractivity contribution in [2.24, 2.45) is 0 Å². The van der Waals surface area contributed by atoms with Crippen molar-refractivity contribution < 1.29 is 9.59 Å². The smallest absolute Gasteiger partial charge is 0.259 e. The van der Waals surface area contributed by atoms with Crippen molar-refractivity contribution in [3.05, 3.63) is 83.7 Å². The monoisotopic (exact) mass is 400 g/mol. The molecule has 0 aliphatic carbocycles. The largest absolute Gasteiger partial charge is 0.378 e. The summed E-state index contributed by atoms with van der Waals surface area (Å²) in [5.41, 5.74) is 4.89. The fourth-order valence-electron chi connectivity index (χ4n) is 3.65. The molecule has 4 rings (SSSR count). The van der Waals surface area contributed by atoms with Crippen LogP contribution >= 0.6 is 0 Å². The minimum Gasteiger partial charge on any atom is -0.378 e. The van der Waals surface area contributed by atoms with Gasteiger partial charge in [-0.15, -0.1) is 0 Å². The summed E-state index contributed by atoms with van der Waals surface area (Å²) in [6, 6.07) is 16.7. The van der Waals surface area contributed by atoms with E-state index in [9.17, 15) is 9.59 Å². The molecule has 152 valence electrons. The Morgan fingerprint density at radius 2 is 1.83 bits per heavy atom. The van der Waals surface area contributed by atoms with Crippen molar-refractivity contribution in [2.75, 3.05) is 35.8 Å². The van der Waals surface area contributed by atoms with Crippen LogP contribution < -0.4 is 15.1 Å². The van der Waals surface area contributed by atoms with Gasteiger partial charge in [-0.05, 0) is 73.0 Å². The lowest BCUT2D eigenvalue weighted by Crippen LogP contribution is -2.35. The van der Waals surface area contributed by atoms with Gasteiger partial charge in [0.15, 0.2) is 0 Å². The number of fused-ring (bicyclic) bond motifs is 1. The Labute approximate surface area is 176 Å². The lowest BCUT2D eigenvalue weighted by molar-refractivity contribution is 0.0983. The van der Waals surface area contributed by atoms with Crippen LogP contribution in [0.1, 0.15) is 32.7 Å². The van der Waals surface area contributed by atoms with Gasteiger partial charge in [0.05, 0.1) is 5.56 Å². The molecule has 0 radical (unpaired) electrons. The minimum atomic E-state index is -0.153. The maximum atomic E-state index is 12.9. The summed E-state index contributed by atoms with van der Waals surface area (Å²) in [4.78, 5) is 33.4. The minimum absolute atomic E-state index is 0.0539. The van der Waals surface area contributed by atoms with Crippen molar-refractivity contribution in [3.8, 4) is 0 Å². The summed E-state index contributed by atoms with van der Waals surface area (Å²) in [6.45, 7) is 0.671. The molecule has 1 N–H and O–H groups in total. The first-order valence-corrected chi connectivity index (χ1v) is 9.96. The van der Waals surface area contributed by atoms with E-state index in [2.05, 4.69) is 10.3 Å². The van der Waals surface area contributed by atoms with Gasteiger partial charge < -0.3 is 15.1 Å². The summed E-state index contributed by atoms with van der Waals surface area (Å²) in [5.74, 6) is -0.207. The van der Waals surface area contributed by atoms with Crippen molar-refractivity contribution in [2.45, 2.75) is 12.8 Å². The highest BCUT2D eigenvalue weighted by Crippen LogP contribution is 2.31. The van der Waals surface area contributed by atoms with Crippen LogP contribution in [-0.2, 0) is 6.42 Å². The number of carbonyl (C=O) groups is 2. The number of nitrogens with one attached hydrogen (secondary N) is 1. The van der Waals surface area contributed by atoms with Crippen molar-refractivity contribution >= 4 is 28.9 Å². The van der Waals surface area contributed by atoms with E-state index in [-0.39, 0.29) is 11.8 Å². The molecule has 0 atom stereocenters. The van der Waals surface area contributed by atoms with Gasteiger partial charge in [0.1, 0.15) is 0 Å². The molecule has 1 aliphatic rings. The summed E-state index contributed by atoms with van der Waals surface area (Å²) in [6.07, 6.45) is 4.99. The second kappa shape index (κ2) is 8.37. The Balaban J connectivity index is 1.52. The van der Waals surface area contributed by atoms with Gasteiger partial charge in [0.2, 0.25) is 0 Å². The number of aromatic nitrogens is 1. The maximum absolute atomic E-state index is 12.9. The van der Waals surface area contributed by atoms with Crippen LogP contribution in [0.25, 0.3) is 0 Å². The maximum Gasteiger partial charge on any atom is 0.259 e. The number of hydrogen-bond acceptors (Lipinski definition) is 4. The predicted octanol–water partition coefficient (Wildman–Crippen LogP) is 3.99. The molecule has 3 aromatic rings. The number of nitrogens with zero attached hydrogens (tertiary/aromatic N) is 3. The van der Waals surface area contributed by atoms with Gasteiger partial charge in [-0.25, -0.2) is 0 Å². The van der Waals surface area contributed by atoms with Gasteiger partial charge in [0.25, 0.3) is 11.8 Å². The van der Waals surface area contributed by atoms with E-state index in [1.54, 1.807) is 29.4 Å². The van der Waals surface area contributed by atoms with E-state index in [1.165, 1.54) is 0 Å². The number of aryl methyl sites for hydroxylation is 1. The van der Waals surface area contributed by atoms with Gasteiger partial charge >= 0.3 is 0 Å². The first-order valence-electron chi connectivity index (χ1n) is 9.96. The highest BCUT2D eigenvalue weighted by Gasteiger charge is 2.24. The van der Waals surface area contributed by atoms with E-state index >= 15 is 0 Å². The third kappa shape index (κ3) is 4.03. The Bertz CT molecular complexity index is 1060. The molecule has 2 amide bonds. The quantitative estimate of drug-likeness (QED) is 0.719. The van der Waals surface area contributed by atoms with Crippen molar-refractivity contribution in [3.63, 3.8) is 0 Å². The van der Waals surface area contributed by atoms with Crippen LogP contribution in [0.5, 0.6) is 0 Å². The third-order valence-electron chi connectivity index (χ3n) is 5.26. The highest BCUT2D eigenvalue weighted by atomic mass is 16.2. The molecule has 30 heavy (non-hydrogen) atoms. The molecule has 2 heterocycles. The second-order valence-corrected chi connectivity index (χ2v) is 7.54. The first-order chi connectivity index (χ1) is 14.5. The molecule has 2 aromatic carbocycles. The number of anilines is 3. The standard InChI is InChI=1S/C24H24N4O2/c1-27(2)21-10-7-17(8-11-21)23(29)26-20-9-12-22-18(15-20)6-4-14-28(22)24(30)19-5-3-13-25-16-19/h3,5,7-13,15-16H,4,6,14H2,1-2H3,(H,26,29). The third-order valence-corrected chi connectivity index (χ3v) is 5.26. The average Bonchev–Trinajstić information content (AvgIpc) is 2.78. The van der Waals surface area contributed by atoms with E-state index in [0.29, 0.717) is 17.7 Å². The number of carbonyl (C=O) groups excluding carboxylic acids is 2. The topological polar surface area (TPSA) is 65.5 Å². The Morgan fingerprint density at radius 3 is 2.53 bits per heavy atom. The van der Waals surface area contributed by atoms with Crippen LogP contribution in [0, 0.1) is 0 Å². The molecule has 6 heteroatoms. The average molecular weight is 400 g/mol. The molecule has 0 spiro atoms. The zero-order chi connectivity index (χ0) is 21.1. The summed E-state index contributed by atoms with van der Waals surface area (Å²) in [7, 11) is 3.93. The van der Waals surface area contributed by atoms with Crippen LogP contribution in [-0.4, -0.2) is 37.4 Å². The molecule has 0 bridgehead atoms. The summed E-state index contributed by atoms with van der Waals surface area (Å²) >= 11 is 0. The van der Waals surface area contributed by atoms with Crippen molar-refractivity contribution in [1.82, 2.24) is 4.98 Å². The second-order valence-electron chi connectivity index (χ2n) is 7.54. The number of hydrogen-bond donors (Lipinski definition) is 1. The Morgan fingerprint density at radius 1 is 1.03 bits per heavy atom. The molecule has 0 fully saturated rings. The molecule has 6 nitrogen and oxygen atoms in total. The molecule has 0 saturated carbocycles. The molecular weight excluding hydrogens is 376 g/mol. The summed E-state index contributed by atoms with van der Waals surface area (Å²) in [5, 5.41) is 2.97. The fraction of sp³-hybridized carbons (Fsp3) is 0.208. The zero-order valence-electron chi connectivity index (χ0n) is 17.1. The van der Waals surface area contributed by atoms with Gasteiger partial charge in [-0.2, -0.15) is 0 Å². The molecule has 0 unspecified atom stereocenters. The number of amides is 2. The normalized spacial score (nSPS) is 12.8. The summed E-state index contributed by atoms with van der Waals surface area (Å²) < 4.78 is 0. The van der Waals surface area contributed by atoms with E-state index in [0.717, 1.165) is 35.5 Å². The Hall–Kier alpha value is -3.67. The lowest BCUT2D eigenvalue weighted by Gasteiger charge is -2.30. The number of rotatable bonds is 4. The van der Waals surface area contributed by atoms with Crippen LogP contribution in [0.4, 0.5) is 17.1 Å². The fourth-order valence-corrected chi connectivity index (χ4v) is 3.65. The van der Waals surface area contributed by atoms with Gasteiger partial charge in [0, 0.05) is 55.7 Å². The van der Waals surface area contributed by atoms with E-state index in [4.69, 9.17) is 0 Å². The zero-order valence-corrected chi connectivity index (χ0v) is 17.1. The van der Waals surface area contributed by atoms with E-state index in [1.807, 2.05) is 61.5 Å². The van der Waals surface area contributed by atoms with Crippen molar-refractivity contribution in [1.29, 1.82) is 0 Å². The van der Waals surface area contributed by atoms with Crippen LogP contribution in [0.2, 0.25) is 0 Å². The lowest BCUT2D eigenvalue weighted by atomic mass is 10.00. The molecular formula is C24H24N4O2. The molecule has 1 aliphatic heterocycles. The number of pyridine rings is 1. The number of benzene rings is 2. The highest BCUT2D eigenvalue weighted by molar-refractivity contribution is 6.07. The molecule has 0 saturated heterocycles. The van der Waals surface area contributed by atoms with E-state index < -0.39 is 0 Å².